The summed E-state index contributed by atoms with van der Waals surface area (Å²) in [7, 11) is 4.04. The van der Waals surface area contributed by atoms with Crippen molar-refractivity contribution in [1.29, 1.82) is 0 Å². The lowest BCUT2D eigenvalue weighted by Gasteiger charge is -2.09. The number of hydrogen-bond donors (Lipinski definition) is 0. The number of hydrogen-bond acceptors (Lipinski definition) is 6. The molecule has 0 unspecified atom stereocenters. The Kier molecular flexibility index (Phi) is 7.14. The number of nitrogens with zero attached hydrogens (tertiary/aromatic N) is 7. The molecular weight excluding hydrogens is 488 g/mol. The lowest BCUT2D eigenvalue weighted by Crippen LogP contribution is -2.22. The van der Waals surface area contributed by atoms with E-state index >= 15 is 0 Å². The fourth-order valence-electron chi connectivity index (χ4n) is 3.96. The molecule has 0 N–H and O–H groups in total. The van der Waals surface area contributed by atoms with Gasteiger partial charge in [-0.05, 0) is 43.9 Å². The molecule has 38 heavy (non-hydrogen) atoms. The smallest absolute Gasteiger partial charge is 0.267 e. The summed E-state index contributed by atoms with van der Waals surface area (Å²) in [6.45, 7) is 1.85. The monoisotopic (exact) mass is 513 g/mol. The highest BCUT2D eigenvalue weighted by Crippen LogP contribution is 2.22. The summed E-state index contributed by atoms with van der Waals surface area (Å²) in [4.78, 5) is 23.6. The molecule has 0 aliphatic rings. The lowest BCUT2D eigenvalue weighted by atomic mass is 10.1. The highest BCUT2D eigenvalue weighted by atomic mass is 19.1. The third-order valence-electron chi connectivity index (χ3n) is 5.94. The molecule has 192 valence electrons. The maximum atomic E-state index is 13.7. The van der Waals surface area contributed by atoms with Crippen LogP contribution in [0.15, 0.2) is 84.2 Å². The van der Waals surface area contributed by atoms with Crippen LogP contribution in [-0.2, 0) is 13.1 Å². The second-order valence-electron chi connectivity index (χ2n) is 9.16. The van der Waals surface area contributed by atoms with Crippen molar-refractivity contribution in [2.24, 2.45) is 0 Å². The molecule has 0 spiro atoms. The van der Waals surface area contributed by atoms with E-state index in [1.165, 1.54) is 28.9 Å². The molecule has 0 atom stereocenters. The molecular formula is C28H25F2N7O. The van der Waals surface area contributed by atoms with Crippen molar-refractivity contribution in [1.82, 2.24) is 34.4 Å². The average molecular weight is 514 g/mol. The van der Waals surface area contributed by atoms with Crippen LogP contribution in [0.3, 0.4) is 0 Å². The Balaban J connectivity index is 1.34. The fraction of sp³-hybridized carbons (Fsp3) is 0.179. The van der Waals surface area contributed by atoms with Gasteiger partial charge in [-0.2, -0.15) is 10.2 Å². The van der Waals surface area contributed by atoms with E-state index < -0.39 is 11.6 Å². The number of aromatic nitrogens is 6. The first-order valence-corrected chi connectivity index (χ1v) is 12.0. The molecule has 0 saturated carbocycles. The molecule has 8 nitrogen and oxygen atoms in total. The van der Waals surface area contributed by atoms with Gasteiger partial charge in [-0.3, -0.25) is 9.48 Å². The first-order chi connectivity index (χ1) is 18.3. The standard InChI is InChI=1S/C28H25F2N7O/c1-35(2)8-9-36-18-23(16-33-36)22-14-31-28(32-15-22)20-5-3-4-19(10-20)17-37-27(38)7-6-26(34-37)21-11-24(29)13-25(30)12-21/h3-7,10-16,18H,8-9,17H2,1-2H3. The zero-order valence-corrected chi connectivity index (χ0v) is 20.9. The molecule has 5 aromatic rings. The molecule has 10 heteroatoms. The molecule has 3 aromatic heterocycles. The zero-order chi connectivity index (χ0) is 26.6. The Bertz CT molecular complexity index is 1610. The molecule has 2 aromatic carbocycles. The summed E-state index contributed by atoms with van der Waals surface area (Å²) in [6.07, 6.45) is 7.29. The van der Waals surface area contributed by atoms with E-state index in [0.29, 0.717) is 11.5 Å². The quantitative estimate of drug-likeness (QED) is 0.311. The summed E-state index contributed by atoms with van der Waals surface area (Å²) in [6, 6.07) is 13.4. The number of halogens is 2. The highest BCUT2D eigenvalue weighted by Gasteiger charge is 2.10. The average Bonchev–Trinajstić information content (AvgIpc) is 3.38. The summed E-state index contributed by atoms with van der Waals surface area (Å²) in [5, 5.41) is 8.72. The third-order valence-corrected chi connectivity index (χ3v) is 5.94. The van der Waals surface area contributed by atoms with Crippen molar-refractivity contribution >= 4 is 0 Å². The van der Waals surface area contributed by atoms with Crippen LogP contribution in [-0.4, -0.2) is 55.1 Å². The van der Waals surface area contributed by atoms with Crippen molar-refractivity contribution in [3.05, 3.63) is 107 Å². The van der Waals surface area contributed by atoms with Crippen LogP contribution in [0.2, 0.25) is 0 Å². The molecule has 0 radical (unpaired) electrons. The molecule has 0 aliphatic heterocycles. The van der Waals surface area contributed by atoms with Crippen molar-refractivity contribution < 1.29 is 8.78 Å². The van der Waals surface area contributed by atoms with Gasteiger partial charge in [0.2, 0.25) is 0 Å². The number of benzene rings is 2. The Labute approximate surface area is 217 Å². The van der Waals surface area contributed by atoms with Crippen LogP contribution in [0.25, 0.3) is 33.8 Å². The molecule has 0 saturated heterocycles. The Morgan fingerprint density at radius 2 is 1.61 bits per heavy atom. The van der Waals surface area contributed by atoms with Crippen LogP contribution in [0, 0.1) is 11.6 Å². The molecule has 3 heterocycles. The van der Waals surface area contributed by atoms with Crippen LogP contribution in [0.4, 0.5) is 8.78 Å². The van der Waals surface area contributed by atoms with Crippen molar-refractivity contribution in [3.63, 3.8) is 0 Å². The Morgan fingerprint density at radius 1 is 0.842 bits per heavy atom. The van der Waals surface area contributed by atoms with E-state index in [0.717, 1.165) is 41.4 Å². The van der Waals surface area contributed by atoms with Crippen LogP contribution in [0.5, 0.6) is 0 Å². The minimum atomic E-state index is -0.712. The summed E-state index contributed by atoms with van der Waals surface area (Å²) < 4.78 is 30.5. The molecule has 0 aliphatic carbocycles. The first kappa shape index (κ1) is 25.1. The highest BCUT2D eigenvalue weighted by molar-refractivity contribution is 5.63. The van der Waals surface area contributed by atoms with Crippen molar-refractivity contribution in [3.8, 4) is 33.8 Å². The number of likely N-dealkylation sites (N-methyl/N-ethyl adjacent to an activating group) is 1. The van der Waals surface area contributed by atoms with E-state index in [2.05, 4.69) is 25.1 Å². The van der Waals surface area contributed by atoms with Gasteiger partial charge in [-0.1, -0.05) is 18.2 Å². The summed E-state index contributed by atoms with van der Waals surface area (Å²) in [5.41, 5.74) is 3.60. The predicted octanol–water partition coefficient (Wildman–Crippen LogP) is 4.12. The molecule has 0 amide bonds. The van der Waals surface area contributed by atoms with Crippen LogP contribution < -0.4 is 5.56 Å². The fourth-order valence-corrected chi connectivity index (χ4v) is 3.96. The topological polar surface area (TPSA) is 81.7 Å². The van der Waals surface area contributed by atoms with E-state index in [1.807, 2.05) is 49.2 Å². The van der Waals surface area contributed by atoms with Gasteiger partial charge in [0, 0.05) is 59.5 Å². The summed E-state index contributed by atoms with van der Waals surface area (Å²) >= 11 is 0. The second kappa shape index (κ2) is 10.8. The summed E-state index contributed by atoms with van der Waals surface area (Å²) in [5.74, 6) is -0.882. The van der Waals surface area contributed by atoms with E-state index in [4.69, 9.17) is 0 Å². The van der Waals surface area contributed by atoms with Crippen LogP contribution in [0.1, 0.15) is 5.56 Å². The van der Waals surface area contributed by atoms with Crippen molar-refractivity contribution in [2.75, 3.05) is 20.6 Å². The Morgan fingerprint density at radius 3 is 2.34 bits per heavy atom. The lowest BCUT2D eigenvalue weighted by molar-refractivity contribution is 0.373. The van der Waals surface area contributed by atoms with Gasteiger partial charge < -0.3 is 4.90 Å². The van der Waals surface area contributed by atoms with Crippen LogP contribution >= 0.6 is 0 Å². The van der Waals surface area contributed by atoms with Gasteiger partial charge in [-0.25, -0.2) is 23.4 Å². The normalized spacial score (nSPS) is 11.3. The largest absolute Gasteiger partial charge is 0.308 e. The van der Waals surface area contributed by atoms with Gasteiger partial charge >= 0.3 is 0 Å². The minimum Gasteiger partial charge on any atom is -0.308 e. The zero-order valence-electron chi connectivity index (χ0n) is 20.9. The van der Waals surface area contributed by atoms with Gasteiger partial charge in [0.05, 0.1) is 25.0 Å². The maximum absolute atomic E-state index is 13.7. The van der Waals surface area contributed by atoms with E-state index in [1.54, 1.807) is 18.6 Å². The van der Waals surface area contributed by atoms with Gasteiger partial charge in [0.15, 0.2) is 5.82 Å². The Hall–Kier alpha value is -4.57. The maximum Gasteiger partial charge on any atom is 0.267 e. The van der Waals surface area contributed by atoms with Gasteiger partial charge in [0.25, 0.3) is 5.56 Å². The first-order valence-electron chi connectivity index (χ1n) is 12.0. The van der Waals surface area contributed by atoms with Gasteiger partial charge in [0.1, 0.15) is 11.6 Å². The van der Waals surface area contributed by atoms with E-state index in [9.17, 15) is 13.6 Å². The van der Waals surface area contributed by atoms with Crippen molar-refractivity contribution in [2.45, 2.75) is 13.1 Å². The molecule has 0 fully saturated rings. The SMILES string of the molecule is CN(C)CCn1cc(-c2cnc(-c3cccc(Cn4nc(-c5cc(F)cc(F)c5)ccc4=O)c3)nc2)cn1. The molecule has 0 bridgehead atoms. The van der Waals surface area contributed by atoms with E-state index in [-0.39, 0.29) is 17.7 Å². The molecule has 5 rings (SSSR count). The van der Waals surface area contributed by atoms with Gasteiger partial charge in [-0.15, -0.1) is 0 Å². The minimum absolute atomic E-state index is 0.169. The predicted molar refractivity (Wildman–Crippen MR) is 140 cm³/mol. The number of rotatable bonds is 8. The third kappa shape index (κ3) is 5.87. The second-order valence-corrected chi connectivity index (χ2v) is 9.16.